The van der Waals surface area contributed by atoms with Crippen LogP contribution in [0.25, 0.3) is 0 Å². The van der Waals surface area contributed by atoms with E-state index < -0.39 is 0 Å². The Morgan fingerprint density at radius 2 is 2.21 bits per heavy atom. The molecule has 0 saturated carbocycles. The number of fused-ring (bicyclic) bond motifs is 2. The van der Waals surface area contributed by atoms with Crippen LogP contribution in [0.2, 0.25) is 0 Å². The zero-order valence-corrected chi connectivity index (χ0v) is 9.07. The summed E-state index contributed by atoms with van der Waals surface area (Å²) in [5.41, 5.74) is 1.45. The highest BCUT2D eigenvalue weighted by Gasteiger charge is 2.30. The van der Waals surface area contributed by atoms with E-state index in [1.54, 1.807) is 0 Å². The largest absolute Gasteiger partial charge is 0.370 e. The fourth-order valence-electron chi connectivity index (χ4n) is 2.23. The molecule has 3 atom stereocenters. The smallest absolute Gasteiger partial charge is 0.0836 e. The van der Waals surface area contributed by atoms with Crippen molar-refractivity contribution >= 4 is 6.34 Å². The van der Waals surface area contributed by atoms with Gasteiger partial charge in [0.2, 0.25) is 0 Å². The number of aliphatic imine (C=N–C) groups is 1. The van der Waals surface area contributed by atoms with E-state index in [4.69, 9.17) is 0 Å². The van der Waals surface area contributed by atoms with Crippen molar-refractivity contribution in [3.63, 3.8) is 0 Å². The summed E-state index contributed by atoms with van der Waals surface area (Å²) >= 11 is 0. The van der Waals surface area contributed by atoms with Crippen molar-refractivity contribution in [1.29, 1.82) is 0 Å². The molecule has 1 N–H and O–H groups in total. The van der Waals surface area contributed by atoms with Crippen molar-refractivity contribution in [1.82, 2.24) is 5.32 Å². The maximum atomic E-state index is 4.55. The van der Waals surface area contributed by atoms with E-state index in [1.165, 1.54) is 5.57 Å². The molecule has 2 nitrogen and oxygen atoms in total. The van der Waals surface area contributed by atoms with Crippen LogP contribution in [0, 0.1) is 11.8 Å². The molecule has 2 bridgehead atoms. The highest BCUT2D eigenvalue weighted by molar-refractivity contribution is 5.58. The Bertz CT molecular complexity index is 299. The topological polar surface area (TPSA) is 24.4 Å². The molecule has 0 fully saturated rings. The molecule has 2 heteroatoms. The van der Waals surface area contributed by atoms with Crippen molar-refractivity contribution in [3.05, 3.63) is 23.8 Å². The molecule has 0 spiro atoms. The Morgan fingerprint density at radius 1 is 1.43 bits per heavy atom. The number of hydrogen-bond donors (Lipinski definition) is 1. The van der Waals surface area contributed by atoms with Gasteiger partial charge in [-0.3, -0.25) is 4.99 Å². The number of rotatable bonds is 1. The van der Waals surface area contributed by atoms with Crippen molar-refractivity contribution < 1.29 is 0 Å². The summed E-state index contributed by atoms with van der Waals surface area (Å²) in [6.45, 7) is 6.75. The van der Waals surface area contributed by atoms with Crippen LogP contribution in [0.3, 0.4) is 0 Å². The Kier molecular flexibility index (Phi) is 2.44. The fourth-order valence-corrected chi connectivity index (χ4v) is 2.23. The summed E-state index contributed by atoms with van der Waals surface area (Å²) in [4.78, 5) is 4.55. The third-order valence-electron chi connectivity index (χ3n) is 3.18. The van der Waals surface area contributed by atoms with E-state index in [1.807, 2.05) is 6.34 Å². The average molecular weight is 190 g/mol. The minimum absolute atomic E-state index is 0.372. The summed E-state index contributed by atoms with van der Waals surface area (Å²) in [6.07, 6.45) is 8.49. The Hall–Kier alpha value is -1.05. The van der Waals surface area contributed by atoms with Crippen molar-refractivity contribution in [2.75, 3.05) is 0 Å². The average Bonchev–Trinajstić information content (AvgIpc) is 2.26. The zero-order chi connectivity index (χ0) is 10.1. The third-order valence-corrected chi connectivity index (χ3v) is 3.18. The van der Waals surface area contributed by atoms with Crippen LogP contribution in [-0.4, -0.2) is 18.4 Å². The van der Waals surface area contributed by atoms with Crippen molar-refractivity contribution in [2.24, 2.45) is 16.8 Å². The monoisotopic (exact) mass is 190 g/mol. The lowest BCUT2D eigenvalue weighted by molar-refractivity contribution is 0.401. The minimum atomic E-state index is 0.372. The van der Waals surface area contributed by atoms with Gasteiger partial charge in [0, 0.05) is 5.92 Å². The van der Waals surface area contributed by atoms with Crippen molar-refractivity contribution in [3.8, 4) is 0 Å². The first-order valence-corrected chi connectivity index (χ1v) is 5.36. The molecule has 1 aliphatic heterocycles. The Labute approximate surface area is 85.8 Å². The maximum absolute atomic E-state index is 4.55. The van der Waals surface area contributed by atoms with E-state index in [2.05, 4.69) is 49.3 Å². The van der Waals surface area contributed by atoms with E-state index >= 15 is 0 Å². The summed E-state index contributed by atoms with van der Waals surface area (Å²) in [6, 6.07) is 0.821. The number of nitrogens with zero attached hydrogens (tertiary/aromatic N) is 1. The number of nitrogens with one attached hydrogen (secondary N) is 1. The van der Waals surface area contributed by atoms with Gasteiger partial charge < -0.3 is 5.32 Å². The summed E-state index contributed by atoms with van der Waals surface area (Å²) in [5, 5.41) is 3.29. The molecule has 0 aromatic heterocycles. The number of hydrogen-bond acceptors (Lipinski definition) is 2. The van der Waals surface area contributed by atoms with Gasteiger partial charge in [0.15, 0.2) is 0 Å². The minimum Gasteiger partial charge on any atom is -0.370 e. The molecule has 1 aliphatic carbocycles. The first-order chi connectivity index (χ1) is 6.70. The lowest BCUT2D eigenvalue weighted by Crippen LogP contribution is -2.42. The standard InChI is InChI=1S/C12H18N2/c1-8(2)10-5-4-6-11-9(3)12(10)14-7-13-11/h4-9,11-12H,1-3H3,(H,13,14). The van der Waals surface area contributed by atoms with Gasteiger partial charge in [-0.2, -0.15) is 0 Å². The molecule has 1 heterocycles. The van der Waals surface area contributed by atoms with Crippen LogP contribution in [0.1, 0.15) is 20.8 Å². The predicted molar refractivity (Wildman–Crippen MR) is 60.4 cm³/mol. The summed E-state index contributed by atoms with van der Waals surface area (Å²) in [7, 11) is 0. The quantitative estimate of drug-likeness (QED) is 0.673. The first-order valence-electron chi connectivity index (χ1n) is 5.36. The molecule has 0 aromatic rings. The zero-order valence-electron chi connectivity index (χ0n) is 9.07. The molecule has 0 radical (unpaired) electrons. The lowest BCUT2D eigenvalue weighted by atomic mass is 9.85. The van der Waals surface area contributed by atoms with Gasteiger partial charge in [0.05, 0.1) is 18.4 Å². The van der Waals surface area contributed by atoms with Gasteiger partial charge >= 0.3 is 0 Å². The molecule has 2 aliphatic rings. The molecular weight excluding hydrogens is 172 g/mol. The first kappa shape index (κ1) is 9.50. The van der Waals surface area contributed by atoms with E-state index in [9.17, 15) is 0 Å². The third kappa shape index (κ3) is 1.49. The molecule has 14 heavy (non-hydrogen) atoms. The molecule has 0 aromatic carbocycles. The molecule has 0 saturated heterocycles. The Balaban J connectivity index is 2.35. The second kappa shape index (κ2) is 3.60. The predicted octanol–water partition coefficient (Wildman–Crippen LogP) is 2.14. The molecule has 76 valence electrons. The fraction of sp³-hybridized carbons (Fsp3) is 0.583. The van der Waals surface area contributed by atoms with Crippen LogP contribution in [0.5, 0.6) is 0 Å². The molecule has 0 amide bonds. The van der Waals surface area contributed by atoms with Crippen LogP contribution < -0.4 is 5.32 Å². The van der Waals surface area contributed by atoms with E-state index in [0.717, 1.165) is 0 Å². The molecule has 2 rings (SSSR count). The van der Waals surface area contributed by atoms with Gasteiger partial charge in [-0.05, 0) is 11.5 Å². The second-order valence-corrected chi connectivity index (χ2v) is 4.48. The van der Waals surface area contributed by atoms with E-state index in [-0.39, 0.29) is 0 Å². The van der Waals surface area contributed by atoms with Gasteiger partial charge in [-0.1, -0.05) is 39.0 Å². The Morgan fingerprint density at radius 3 is 2.93 bits per heavy atom. The maximum Gasteiger partial charge on any atom is 0.0836 e. The van der Waals surface area contributed by atoms with Crippen LogP contribution in [-0.2, 0) is 0 Å². The van der Waals surface area contributed by atoms with Gasteiger partial charge in [0.1, 0.15) is 0 Å². The summed E-state index contributed by atoms with van der Waals surface area (Å²) < 4.78 is 0. The highest BCUT2D eigenvalue weighted by Crippen LogP contribution is 2.29. The molecular formula is C12H18N2. The number of allylic oxidation sites excluding steroid dienone is 2. The highest BCUT2D eigenvalue weighted by atomic mass is 15.0. The van der Waals surface area contributed by atoms with Crippen LogP contribution in [0.15, 0.2) is 28.8 Å². The van der Waals surface area contributed by atoms with Crippen LogP contribution in [0.4, 0.5) is 0 Å². The van der Waals surface area contributed by atoms with E-state index in [0.29, 0.717) is 23.9 Å². The van der Waals surface area contributed by atoms with Gasteiger partial charge in [-0.15, -0.1) is 0 Å². The van der Waals surface area contributed by atoms with Crippen molar-refractivity contribution in [2.45, 2.75) is 32.9 Å². The lowest BCUT2D eigenvalue weighted by Gasteiger charge is -2.32. The van der Waals surface area contributed by atoms with Gasteiger partial charge in [-0.25, -0.2) is 0 Å². The SMILES string of the molecule is CC(C)C1=CC=CC2NC=NC1C2C. The normalized spacial score (nSPS) is 35.1. The summed E-state index contributed by atoms with van der Waals surface area (Å²) in [5.74, 6) is 1.15. The second-order valence-electron chi connectivity index (χ2n) is 4.48. The molecule has 3 unspecified atom stereocenters. The van der Waals surface area contributed by atoms with Crippen LogP contribution >= 0.6 is 0 Å². The van der Waals surface area contributed by atoms with Gasteiger partial charge in [0.25, 0.3) is 0 Å².